The normalized spacial score (nSPS) is 11.4. The average Bonchev–Trinajstić information content (AvgIpc) is 2.61. The molecule has 0 aliphatic heterocycles. The van der Waals surface area contributed by atoms with Gasteiger partial charge in [-0.15, -0.1) is 11.8 Å². The Morgan fingerprint density at radius 1 is 1.08 bits per heavy atom. The topological polar surface area (TPSA) is 72.5 Å². The SMILES string of the molecule is CC(=O)c1cccc(NC(=O)[C@@H](C)OC(=O)CSc2ccccc2)c1. The van der Waals surface area contributed by atoms with Gasteiger partial charge in [0.2, 0.25) is 0 Å². The molecular formula is C19H19NO4S. The zero-order valence-electron chi connectivity index (χ0n) is 14.0. The number of carbonyl (C=O) groups is 3. The number of benzene rings is 2. The number of hydrogen-bond donors (Lipinski definition) is 1. The molecule has 0 heterocycles. The van der Waals surface area contributed by atoms with Gasteiger partial charge in [-0.05, 0) is 38.1 Å². The van der Waals surface area contributed by atoms with Gasteiger partial charge in [-0.2, -0.15) is 0 Å². The van der Waals surface area contributed by atoms with Gasteiger partial charge in [0, 0.05) is 16.1 Å². The summed E-state index contributed by atoms with van der Waals surface area (Å²) in [5.41, 5.74) is 0.987. The molecule has 25 heavy (non-hydrogen) atoms. The Morgan fingerprint density at radius 2 is 1.80 bits per heavy atom. The lowest BCUT2D eigenvalue weighted by Gasteiger charge is -2.13. The molecule has 0 aromatic heterocycles. The summed E-state index contributed by atoms with van der Waals surface area (Å²) in [7, 11) is 0. The zero-order valence-corrected chi connectivity index (χ0v) is 14.8. The van der Waals surface area contributed by atoms with Crippen LogP contribution in [0, 0.1) is 0 Å². The predicted octanol–water partition coefficient (Wildman–Crippen LogP) is 3.55. The fourth-order valence-corrected chi connectivity index (χ4v) is 2.71. The highest BCUT2D eigenvalue weighted by molar-refractivity contribution is 8.00. The minimum Gasteiger partial charge on any atom is -0.452 e. The van der Waals surface area contributed by atoms with Crippen LogP contribution < -0.4 is 5.32 Å². The van der Waals surface area contributed by atoms with Crippen LogP contribution in [-0.2, 0) is 14.3 Å². The third-order valence-corrected chi connectivity index (χ3v) is 4.30. The number of hydrogen-bond acceptors (Lipinski definition) is 5. The van der Waals surface area contributed by atoms with Crippen LogP contribution in [0.5, 0.6) is 0 Å². The molecule has 2 rings (SSSR count). The van der Waals surface area contributed by atoms with Gasteiger partial charge >= 0.3 is 5.97 Å². The van der Waals surface area contributed by atoms with Crippen molar-refractivity contribution >= 4 is 35.1 Å². The van der Waals surface area contributed by atoms with E-state index in [4.69, 9.17) is 4.74 Å². The number of ketones is 1. The molecule has 0 unspecified atom stereocenters. The maximum absolute atomic E-state index is 12.1. The third kappa shape index (κ3) is 6.08. The highest BCUT2D eigenvalue weighted by Gasteiger charge is 2.18. The standard InChI is InChI=1S/C19H19NO4S/c1-13(21)15-7-6-8-16(11-15)20-19(23)14(2)24-18(22)12-25-17-9-4-3-5-10-17/h3-11,14H,12H2,1-2H3,(H,20,23)/t14-/m1/s1. The second kappa shape index (κ2) is 9.03. The number of thioether (sulfide) groups is 1. The Morgan fingerprint density at radius 3 is 2.48 bits per heavy atom. The van der Waals surface area contributed by atoms with E-state index in [1.807, 2.05) is 30.3 Å². The molecule has 1 N–H and O–H groups in total. The number of esters is 1. The molecule has 0 saturated heterocycles. The number of Topliss-reactive ketones (excluding diaryl/α,β-unsaturated/α-hetero) is 1. The summed E-state index contributed by atoms with van der Waals surface area (Å²) in [5, 5.41) is 2.64. The smallest absolute Gasteiger partial charge is 0.317 e. The highest BCUT2D eigenvalue weighted by Crippen LogP contribution is 2.17. The van der Waals surface area contributed by atoms with Crippen LogP contribution in [0.3, 0.4) is 0 Å². The van der Waals surface area contributed by atoms with Crippen LogP contribution in [-0.4, -0.2) is 29.5 Å². The van der Waals surface area contributed by atoms with Crippen molar-refractivity contribution in [2.24, 2.45) is 0 Å². The first-order chi connectivity index (χ1) is 12.0. The average molecular weight is 357 g/mol. The van der Waals surface area contributed by atoms with Crippen LogP contribution in [0.2, 0.25) is 0 Å². The maximum Gasteiger partial charge on any atom is 0.317 e. The number of amides is 1. The summed E-state index contributed by atoms with van der Waals surface area (Å²) in [4.78, 5) is 36.3. The molecule has 0 saturated carbocycles. The molecule has 2 aromatic carbocycles. The van der Waals surface area contributed by atoms with Gasteiger partial charge in [-0.25, -0.2) is 0 Å². The van der Waals surface area contributed by atoms with E-state index in [1.165, 1.54) is 25.6 Å². The molecule has 0 aliphatic rings. The van der Waals surface area contributed by atoms with E-state index in [0.717, 1.165) is 4.90 Å². The van der Waals surface area contributed by atoms with Gasteiger partial charge in [-0.1, -0.05) is 30.3 Å². The molecule has 0 aliphatic carbocycles. The molecule has 0 bridgehead atoms. The molecule has 1 atom stereocenters. The van der Waals surface area contributed by atoms with Crippen molar-refractivity contribution in [3.8, 4) is 0 Å². The fraction of sp³-hybridized carbons (Fsp3) is 0.211. The summed E-state index contributed by atoms with van der Waals surface area (Å²) in [6.07, 6.45) is -0.926. The predicted molar refractivity (Wildman–Crippen MR) is 97.8 cm³/mol. The van der Waals surface area contributed by atoms with Crippen molar-refractivity contribution in [2.45, 2.75) is 24.8 Å². The van der Waals surface area contributed by atoms with Crippen LogP contribution in [0.15, 0.2) is 59.5 Å². The summed E-state index contributed by atoms with van der Waals surface area (Å²) in [5.74, 6) is -0.872. The van der Waals surface area contributed by atoms with Crippen LogP contribution in [0.4, 0.5) is 5.69 Å². The van der Waals surface area contributed by atoms with Gasteiger partial charge in [0.1, 0.15) is 0 Å². The van der Waals surface area contributed by atoms with Gasteiger partial charge in [0.05, 0.1) is 5.75 Å². The molecule has 5 nitrogen and oxygen atoms in total. The minimum atomic E-state index is -0.926. The molecule has 0 radical (unpaired) electrons. The quantitative estimate of drug-likeness (QED) is 0.466. The van der Waals surface area contributed by atoms with Crippen molar-refractivity contribution in [3.63, 3.8) is 0 Å². The molecule has 0 fully saturated rings. The first-order valence-electron chi connectivity index (χ1n) is 7.75. The molecule has 0 spiro atoms. The summed E-state index contributed by atoms with van der Waals surface area (Å²) < 4.78 is 5.15. The van der Waals surface area contributed by atoms with E-state index in [2.05, 4.69) is 5.32 Å². The Hall–Kier alpha value is -2.60. The first-order valence-corrected chi connectivity index (χ1v) is 8.73. The van der Waals surface area contributed by atoms with Crippen molar-refractivity contribution in [1.82, 2.24) is 0 Å². The van der Waals surface area contributed by atoms with Gasteiger partial charge < -0.3 is 10.1 Å². The summed E-state index contributed by atoms with van der Waals surface area (Å²) in [6, 6.07) is 16.1. The maximum atomic E-state index is 12.1. The lowest BCUT2D eigenvalue weighted by molar-refractivity contribution is -0.150. The Kier molecular flexibility index (Phi) is 6.77. The summed E-state index contributed by atoms with van der Waals surface area (Å²) in [6.45, 7) is 2.96. The number of ether oxygens (including phenoxy) is 1. The van der Waals surface area contributed by atoms with E-state index >= 15 is 0 Å². The minimum absolute atomic E-state index is 0.0893. The summed E-state index contributed by atoms with van der Waals surface area (Å²) >= 11 is 1.35. The number of nitrogens with one attached hydrogen (secondary N) is 1. The van der Waals surface area contributed by atoms with Gasteiger partial charge in [0.15, 0.2) is 11.9 Å². The Balaban J connectivity index is 1.84. The van der Waals surface area contributed by atoms with Crippen LogP contribution >= 0.6 is 11.8 Å². The molecule has 6 heteroatoms. The van der Waals surface area contributed by atoms with E-state index in [-0.39, 0.29) is 11.5 Å². The van der Waals surface area contributed by atoms with E-state index < -0.39 is 18.0 Å². The largest absolute Gasteiger partial charge is 0.452 e. The van der Waals surface area contributed by atoms with E-state index in [9.17, 15) is 14.4 Å². The van der Waals surface area contributed by atoms with Crippen molar-refractivity contribution in [3.05, 3.63) is 60.2 Å². The van der Waals surface area contributed by atoms with E-state index in [1.54, 1.807) is 24.3 Å². The second-order valence-corrected chi connectivity index (χ2v) is 6.41. The molecular weight excluding hydrogens is 338 g/mol. The lowest BCUT2D eigenvalue weighted by Crippen LogP contribution is -2.30. The Bertz CT molecular complexity index is 761. The highest BCUT2D eigenvalue weighted by atomic mass is 32.2. The number of rotatable bonds is 7. The van der Waals surface area contributed by atoms with E-state index in [0.29, 0.717) is 11.3 Å². The van der Waals surface area contributed by atoms with Crippen molar-refractivity contribution < 1.29 is 19.1 Å². The zero-order chi connectivity index (χ0) is 18.2. The number of carbonyl (C=O) groups excluding carboxylic acids is 3. The van der Waals surface area contributed by atoms with Gasteiger partial charge in [-0.3, -0.25) is 14.4 Å². The first kappa shape index (κ1) is 18.7. The monoisotopic (exact) mass is 357 g/mol. The molecule has 130 valence electrons. The molecule has 1 amide bonds. The fourth-order valence-electron chi connectivity index (χ4n) is 2.00. The number of anilines is 1. The van der Waals surface area contributed by atoms with Crippen molar-refractivity contribution in [2.75, 3.05) is 11.1 Å². The lowest BCUT2D eigenvalue weighted by atomic mass is 10.1. The van der Waals surface area contributed by atoms with Crippen molar-refractivity contribution in [1.29, 1.82) is 0 Å². The second-order valence-electron chi connectivity index (χ2n) is 5.36. The van der Waals surface area contributed by atoms with Crippen LogP contribution in [0.1, 0.15) is 24.2 Å². The Labute approximate surface area is 150 Å². The van der Waals surface area contributed by atoms with Gasteiger partial charge in [0.25, 0.3) is 5.91 Å². The molecule has 2 aromatic rings. The van der Waals surface area contributed by atoms with Crippen LogP contribution in [0.25, 0.3) is 0 Å². The third-order valence-electron chi connectivity index (χ3n) is 3.31.